The summed E-state index contributed by atoms with van der Waals surface area (Å²) in [6.45, 7) is 17.1. The van der Waals surface area contributed by atoms with E-state index in [4.69, 9.17) is 0 Å². The molecule has 1 amide bonds. The zero-order valence-corrected chi connectivity index (χ0v) is 17.4. The predicted octanol–water partition coefficient (Wildman–Crippen LogP) is 5.90. The van der Waals surface area contributed by atoms with E-state index in [1.54, 1.807) is 0 Å². The van der Waals surface area contributed by atoms with Crippen molar-refractivity contribution in [2.45, 2.75) is 66.8 Å². The summed E-state index contributed by atoms with van der Waals surface area (Å²) in [5.74, 6) is 1.23. The molecule has 1 N–H and O–H groups in total. The summed E-state index contributed by atoms with van der Waals surface area (Å²) < 4.78 is 0. The van der Waals surface area contributed by atoms with Crippen molar-refractivity contribution in [1.29, 1.82) is 0 Å². The van der Waals surface area contributed by atoms with Crippen molar-refractivity contribution in [2.75, 3.05) is 0 Å². The molecule has 26 heavy (non-hydrogen) atoms. The summed E-state index contributed by atoms with van der Waals surface area (Å²) in [6, 6.07) is -0.0847. The molecule has 2 aliphatic rings. The van der Waals surface area contributed by atoms with Crippen molar-refractivity contribution in [1.82, 2.24) is 5.32 Å². The van der Waals surface area contributed by atoms with Crippen molar-refractivity contribution in [3.8, 4) is 0 Å². The lowest BCUT2D eigenvalue weighted by Gasteiger charge is -2.28. The van der Waals surface area contributed by atoms with Gasteiger partial charge in [-0.15, -0.1) is 0 Å². The Morgan fingerprint density at radius 1 is 1.42 bits per heavy atom. The molecule has 142 valence electrons. The monoisotopic (exact) mass is 353 g/mol. The predicted molar refractivity (Wildman–Crippen MR) is 112 cm³/mol. The number of rotatable bonds is 6. The molecule has 1 unspecified atom stereocenters. The maximum atomic E-state index is 13.1. The van der Waals surface area contributed by atoms with Gasteiger partial charge in [-0.05, 0) is 60.3 Å². The molecule has 0 spiro atoms. The maximum Gasteiger partial charge on any atom is 0.226 e. The summed E-state index contributed by atoms with van der Waals surface area (Å²) >= 11 is 0. The van der Waals surface area contributed by atoms with Crippen molar-refractivity contribution < 1.29 is 4.79 Å². The topological polar surface area (TPSA) is 29.1 Å². The third-order valence-corrected chi connectivity index (χ3v) is 5.47. The van der Waals surface area contributed by atoms with Crippen molar-refractivity contribution >= 4 is 5.91 Å². The fraction of sp³-hybridized carbons (Fsp3) is 0.542. The van der Waals surface area contributed by atoms with Gasteiger partial charge in [-0.1, -0.05) is 71.6 Å². The SMILES string of the molecule is C=C1C2=CC[C@H](C)C=C2C(NC(=O)C(C)(C)CCC(C)C)/C1=C/C=C\C. The van der Waals surface area contributed by atoms with Crippen LogP contribution in [0.3, 0.4) is 0 Å². The number of carbonyl (C=O) groups is 1. The second kappa shape index (κ2) is 8.24. The molecule has 2 heteroatoms. The minimum atomic E-state index is -0.370. The number of hydrogen-bond donors (Lipinski definition) is 1. The molecule has 0 heterocycles. The number of hydrogen-bond acceptors (Lipinski definition) is 1. The highest BCUT2D eigenvalue weighted by Gasteiger charge is 2.38. The molecule has 2 nitrogen and oxygen atoms in total. The first-order valence-electron chi connectivity index (χ1n) is 9.93. The zero-order valence-electron chi connectivity index (χ0n) is 17.4. The van der Waals surface area contributed by atoms with E-state index in [0.717, 1.165) is 30.4 Å². The molecule has 0 saturated heterocycles. The average Bonchev–Trinajstić information content (AvgIpc) is 2.82. The van der Waals surface area contributed by atoms with Gasteiger partial charge in [0.2, 0.25) is 5.91 Å². The number of amides is 1. The molecular weight excluding hydrogens is 318 g/mol. The molecule has 2 aliphatic carbocycles. The van der Waals surface area contributed by atoms with Crippen LogP contribution in [0, 0.1) is 17.3 Å². The third kappa shape index (κ3) is 4.47. The van der Waals surface area contributed by atoms with Gasteiger partial charge in [-0.3, -0.25) is 4.79 Å². The normalized spacial score (nSPS) is 24.9. The second-order valence-electron chi connectivity index (χ2n) is 8.80. The van der Waals surface area contributed by atoms with Gasteiger partial charge in [0, 0.05) is 5.41 Å². The zero-order chi connectivity index (χ0) is 19.5. The van der Waals surface area contributed by atoms with Crippen molar-refractivity contribution in [3.63, 3.8) is 0 Å². The summed E-state index contributed by atoms with van der Waals surface area (Å²) in [5, 5.41) is 3.34. The smallest absolute Gasteiger partial charge is 0.226 e. The van der Waals surface area contributed by atoms with E-state index in [1.165, 1.54) is 11.1 Å². The Labute approximate surface area is 159 Å². The molecule has 2 rings (SSSR count). The summed E-state index contributed by atoms with van der Waals surface area (Å²) in [6.07, 6.45) is 13.7. The van der Waals surface area contributed by atoms with Crippen LogP contribution in [0.1, 0.15) is 60.8 Å². The van der Waals surface area contributed by atoms with Crippen LogP contribution in [0.25, 0.3) is 0 Å². The van der Waals surface area contributed by atoms with Crippen LogP contribution >= 0.6 is 0 Å². The lowest BCUT2D eigenvalue weighted by Crippen LogP contribution is -2.43. The fourth-order valence-electron chi connectivity index (χ4n) is 3.57. The molecule has 0 radical (unpaired) electrons. The standard InChI is InChI=1S/C24H35NO/c1-8-9-10-20-18(5)19-12-11-17(4)15-21(19)22(20)25-23(26)24(6,7)14-13-16(2)3/h8-10,12,15-17,22H,5,11,13-14H2,1-4,6-7H3,(H,25,26)/b9-8-,20-10+/t17-,22?/m0/s1. The first kappa shape index (κ1) is 20.5. The largest absolute Gasteiger partial charge is 0.345 e. The Morgan fingerprint density at radius 3 is 2.73 bits per heavy atom. The molecule has 2 atom stereocenters. The van der Waals surface area contributed by atoms with Crippen LogP contribution in [0.4, 0.5) is 0 Å². The molecule has 0 aromatic heterocycles. The van der Waals surface area contributed by atoms with E-state index in [2.05, 4.69) is 64.7 Å². The van der Waals surface area contributed by atoms with Crippen molar-refractivity contribution in [3.05, 3.63) is 59.3 Å². The minimum absolute atomic E-state index is 0.0847. The van der Waals surface area contributed by atoms with E-state index < -0.39 is 0 Å². The first-order chi connectivity index (χ1) is 12.2. The van der Waals surface area contributed by atoms with Crippen LogP contribution < -0.4 is 5.32 Å². The summed E-state index contributed by atoms with van der Waals surface area (Å²) in [4.78, 5) is 13.1. The quantitative estimate of drug-likeness (QED) is 0.633. The van der Waals surface area contributed by atoms with Gasteiger partial charge in [0.15, 0.2) is 0 Å². The first-order valence-corrected chi connectivity index (χ1v) is 9.93. The van der Waals surface area contributed by atoms with Gasteiger partial charge in [-0.2, -0.15) is 0 Å². The number of nitrogens with one attached hydrogen (secondary N) is 1. The number of fused-ring (bicyclic) bond motifs is 1. The van der Waals surface area contributed by atoms with Gasteiger partial charge >= 0.3 is 0 Å². The number of carbonyl (C=O) groups excluding carboxylic acids is 1. The minimum Gasteiger partial charge on any atom is -0.345 e. The van der Waals surface area contributed by atoms with Gasteiger partial charge in [0.1, 0.15) is 0 Å². The molecular formula is C24H35NO. The van der Waals surface area contributed by atoms with E-state index in [9.17, 15) is 4.79 Å². The Hall–Kier alpha value is -1.83. The fourth-order valence-corrected chi connectivity index (χ4v) is 3.57. The van der Waals surface area contributed by atoms with Crippen LogP contribution in [-0.4, -0.2) is 11.9 Å². The van der Waals surface area contributed by atoms with Crippen molar-refractivity contribution in [2.24, 2.45) is 17.3 Å². The third-order valence-electron chi connectivity index (χ3n) is 5.47. The highest BCUT2D eigenvalue weighted by Crippen LogP contribution is 2.43. The van der Waals surface area contributed by atoms with Gasteiger partial charge in [-0.25, -0.2) is 0 Å². The van der Waals surface area contributed by atoms with Crippen LogP contribution in [-0.2, 0) is 4.79 Å². The van der Waals surface area contributed by atoms with Crippen LogP contribution in [0.15, 0.2) is 59.3 Å². The van der Waals surface area contributed by atoms with Gasteiger partial charge in [0.05, 0.1) is 6.04 Å². The lowest BCUT2D eigenvalue weighted by atomic mass is 9.83. The van der Waals surface area contributed by atoms with Gasteiger partial charge in [0.25, 0.3) is 0 Å². The Kier molecular flexibility index (Phi) is 6.49. The molecule has 1 fully saturated rings. The van der Waals surface area contributed by atoms with Gasteiger partial charge < -0.3 is 5.32 Å². The summed E-state index contributed by atoms with van der Waals surface area (Å²) in [7, 11) is 0. The van der Waals surface area contributed by atoms with E-state index in [1.807, 2.05) is 19.1 Å². The second-order valence-corrected chi connectivity index (χ2v) is 8.80. The Bertz CT molecular complexity index is 685. The van der Waals surface area contributed by atoms with Crippen LogP contribution in [0.5, 0.6) is 0 Å². The van der Waals surface area contributed by atoms with Crippen LogP contribution in [0.2, 0.25) is 0 Å². The maximum absolute atomic E-state index is 13.1. The molecule has 0 aromatic rings. The molecule has 1 saturated carbocycles. The molecule has 0 aromatic carbocycles. The average molecular weight is 354 g/mol. The highest BCUT2D eigenvalue weighted by atomic mass is 16.2. The summed E-state index contributed by atoms with van der Waals surface area (Å²) in [5.41, 5.74) is 4.22. The molecule has 0 aliphatic heterocycles. The van der Waals surface area contributed by atoms with E-state index in [0.29, 0.717) is 11.8 Å². The van der Waals surface area contributed by atoms with E-state index >= 15 is 0 Å². The molecule has 0 bridgehead atoms. The highest BCUT2D eigenvalue weighted by molar-refractivity contribution is 5.85. The number of allylic oxidation sites excluding steroid dienone is 5. The Morgan fingerprint density at radius 2 is 2.12 bits per heavy atom. The lowest BCUT2D eigenvalue weighted by molar-refractivity contribution is -0.130. The van der Waals surface area contributed by atoms with E-state index in [-0.39, 0.29) is 17.4 Å². The Balaban J connectivity index is 2.30.